The zero-order chi connectivity index (χ0) is 16.9. The molecule has 24 heavy (non-hydrogen) atoms. The van der Waals surface area contributed by atoms with E-state index in [0.717, 1.165) is 22.2 Å². The molecule has 0 radical (unpaired) electrons. The minimum Gasteiger partial charge on any atom is -0.322 e. The summed E-state index contributed by atoms with van der Waals surface area (Å²) in [6.07, 6.45) is 0. The summed E-state index contributed by atoms with van der Waals surface area (Å²) in [5, 5.41) is 2.74. The monoisotopic (exact) mass is 380 g/mol. The number of hydrogen-bond donors (Lipinski definition) is 1. The Bertz CT molecular complexity index is 798. The summed E-state index contributed by atoms with van der Waals surface area (Å²) in [6, 6.07) is 11.6. The highest BCUT2D eigenvalue weighted by Crippen LogP contribution is 2.27. The molecule has 1 aliphatic rings. The smallest absolute Gasteiger partial charge is 0.255 e. The zero-order valence-electron chi connectivity index (χ0n) is 12.6. The van der Waals surface area contributed by atoms with E-state index < -0.39 is 5.82 Å². The number of halogens is 2. The number of anilines is 1. The second-order valence-electron chi connectivity index (χ2n) is 5.02. The molecule has 1 heterocycles. The van der Waals surface area contributed by atoms with Gasteiger partial charge >= 0.3 is 0 Å². The van der Waals surface area contributed by atoms with Gasteiger partial charge in [0.2, 0.25) is 0 Å². The Balaban J connectivity index is 1.73. The van der Waals surface area contributed by atoms with E-state index in [-0.39, 0.29) is 10.9 Å². The van der Waals surface area contributed by atoms with Crippen molar-refractivity contribution in [2.24, 2.45) is 4.99 Å². The van der Waals surface area contributed by atoms with E-state index in [9.17, 15) is 9.18 Å². The standard InChI is InChI=1S/C17H14ClFN2OS2/c18-14-9-12(5-6-15(14)19)21-16(22)13-4-2-1-3-11(13)10-24-17-20-7-8-23-17/h1-6,9H,7-8,10H2,(H,21,22). The first-order chi connectivity index (χ1) is 11.6. The normalized spacial score (nSPS) is 13.7. The highest BCUT2D eigenvalue weighted by atomic mass is 35.5. The van der Waals surface area contributed by atoms with Crippen molar-refractivity contribution in [2.75, 3.05) is 17.6 Å². The molecule has 0 saturated carbocycles. The van der Waals surface area contributed by atoms with E-state index in [4.69, 9.17) is 11.6 Å². The van der Waals surface area contributed by atoms with Gasteiger partial charge in [-0.05, 0) is 29.8 Å². The molecule has 0 spiro atoms. The molecule has 0 unspecified atom stereocenters. The number of hydrogen-bond acceptors (Lipinski definition) is 4. The van der Waals surface area contributed by atoms with Crippen molar-refractivity contribution in [2.45, 2.75) is 5.75 Å². The Kier molecular flexibility index (Phi) is 5.81. The Morgan fingerprint density at radius 1 is 1.33 bits per heavy atom. The van der Waals surface area contributed by atoms with Gasteiger partial charge in [-0.25, -0.2) is 4.39 Å². The van der Waals surface area contributed by atoms with Crippen LogP contribution in [0.15, 0.2) is 47.5 Å². The molecule has 0 aromatic heterocycles. The van der Waals surface area contributed by atoms with E-state index in [1.54, 1.807) is 29.6 Å². The van der Waals surface area contributed by atoms with Crippen LogP contribution in [0.25, 0.3) is 0 Å². The third-order valence-electron chi connectivity index (χ3n) is 3.35. The van der Waals surface area contributed by atoms with Crippen LogP contribution in [0.5, 0.6) is 0 Å². The van der Waals surface area contributed by atoms with Crippen LogP contribution in [0, 0.1) is 5.82 Å². The number of aliphatic imine (C=N–C) groups is 1. The molecular formula is C17H14ClFN2OS2. The molecule has 3 nitrogen and oxygen atoms in total. The van der Waals surface area contributed by atoms with Gasteiger partial charge < -0.3 is 5.32 Å². The SMILES string of the molecule is O=C(Nc1ccc(F)c(Cl)c1)c1ccccc1CSC1=NCCS1. The van der Waals surface area contributed by atoms with E-state index in [2.05, 4.69) is 10.3 Å². The lowest BCUT2D eigenvalue weighted by Gasteiger charge is -2.10. The summed E-state index contributed by atoms with van der Waals surface area (Å²) >= 11 is 9.14. The number of nitrogens with zero attached hydrogens (tertiary/aromatic N) is 1. The number of carbonyl (C=O) groups excluding carboxylic acids is 1. The van der Waals surface area contributed by atoms with Crippen molar-refractivity contribution in [1.29, 1.82) is 0 Å². The van der Waals surface area contributed by atoms with Gasteiger partial charge in [0.15, 0.2) is 0 Å². The quantitative estimate of drug-likeness (QED) is 0.805. The lowest BCUT2D eigenvalue weighted by Crippen LogP contribution is -2.14. The zero-order valence-corrected chi connectivity index (χ0v) is 15.0. The van der Waals surface area contributed by atoms with Crippen molar-refractivity contribution in [3.63, 3.8) is 0 Å². The van der Waals surface area contributed by atoms with E-state index >= 15 is 0 Å². The lowest BCUT2D eigenvalue weighted by atomic mass is 10.1. The van der Waals surface area contributed by atoms with Crippen LogP contribution in [-0.4, -0.2) is 22.6 Å². The first-order valence-electron chi connectivity index (χ1n) is 7.28. The Morgan fingerprint density at radius 3 is 2.92 bits per heavy atom. The topological polar surface area (TPSA) is 41.5 Å². The Morgan fingerprint density at radius 2 is 2.17 bits per heavy atom. The van der Waals surface area contributed by atoms with Gasteiger partial charge in [0.25, 0.3) is 5.91 Å². The maximum atomic E-state index is 13.2. The summed E-state index contributed by atoms with van der Waals surface area (Å²) < 4.78 is 14.3. The van der Waals surface area contributed by atoms with Crippen LogP contribution in [-0.2, 0) is 5.75 Å². The molecule has 0 aliphatic carbocycles. The number of amides is 1. The third kappa shape index (κ3) is 4.32. The van der Waals surface area contributed by atoms with Crippen molar-refractivity contribution < 1.29 is 9.18 Å². The van der Waals surface area contributed by atoms with Crippen LogP contribution in [0.4, 0.5) is 10.1 Å². The van der Waals surface area contributed by atoms with Gasteiger partial charge in [0, 0.05) is 22.8 Å². The Labute approximate surface area is 153 Å². The molecule has 2 aromatic rings. The van der Waals surface area contributed by atoms with Crippen LogP contribution < -0.4 is 5.32 Å². The summed E-state index contributed by atoms with van der Waals surface area (Å²) in [6.45, 7) is 0.862. The van der Waals surface area contributed by atoms with Crippen LogP contribution in [0.3, 0.4) is 0 Å². The van der Waals surface area contributed by atoms with Gasteiger partial charge in [0.1, 0.15) is 10.2 Å². The molecule has 0 atom stereocenters. The molecule has 1 amide bonds. The lowest BCUT2D eigenvalue weighted by molar-refractivity contribution is 0.102. The molecule has 0 fully saturated rings. The van der Waals surface area contributed by atoms with Crippen molar-refractivity contribution in [3.8, 4) is 0 Å². The number of benzene rings is 2. The average Bonchev–Trinajstić information content (AvgIpc) is 3.10. The predicted molar refractivity (Wildman–Crippen MR) is 102 cm³/mol. The predicted octanol–water partition coefficient (Wildman–Crippen LogP) is 5.07. The van der Waals surface area contributed by atoms with Crippen LogP contribution in [0.2, 0.25) is 5.02 Å². The molecule has 1 N–H and O–H groups in total. The molecule has 0 bridgehead atoms. The molecular weight excluding hydrogens is 367 g/mol. The fourth-order valence-electron chi connectivity index (χ4n) is 2.18. The number of thioether (sulfide) groups is 2. The van der Waals surface area contributed by atoms with Gasteiger partial charge in [-0.15, -0.1) is 0 Å². The van der Waals surface area contributed by atoms with Crippen LogP contribution in [0.1, 0.15) is 15.9 Å². The number of rotatable bonds is 4. The number of carbonyl (C=O) groups is 1. The van der Waals surface area contributed by atoms with E-state index in [1.807, 2.05) is 18.2 Å². The molecule has 7 heteroatoms. The van der Waals surface area contributed by atoms with Crippen LogP contribution >= 0.6 is 35.1 Å². The van der Waals surface area contributed by atoms with Gasteiger partial charge in [-0.1, -0.05) is 53.3 Å². The highest BCUT2D eigenvalue weighted by Gasteiger charge is 2.14. The maximum absolute atomic E-state index is 13.2. The third-order valence-corrected chi connectivity index (χ3v) is 5.94. The molecule has 0 saturated heterocycles. The molecule has 3 rings (SSSR count). The van der Waals surface area contributed by atoms with Crippen molar-refractivity contribution in [3.05, 3.63) is 64.4 Å². The van der Waals surface area contributed by atoms with Crippen molar-refractivity contribution in [1.82, 2.24) is 0 Å². The minimum atomic E-state index is -0.513. The largest absolute Gasteiger partial charge is 0.322 e. The molecule has 2 aromatic carbocycles. The first-order valence-corrected chi connectivity index (χ1v) is 9.63. The highest BCUT2D eigenvalue weighted by molar-refractivity contribution is 8.38. The van der Waals surface area contributed by atoms with Gasteiger partial charge in [-0.3, -0.25) is 9.79 Å². The van der Waals surface area contributed by atoms with Gasteiger partial charge in [-0.2, -0.15) is 0 Å². The summed E-state index contributed by atoms with van der Waals surface area (Å²) in [5.41, 5.74) is 1.99. The van der Waals surface area contributed by atoms with E-state index in [0.29, 0.717) is 17.0 Å². The van der Waals surface area contributed by atoms with Gasteiger partial charge in [0.05, 0.1) is 11.6 Å². The fourth-order valence-corrected chi connectivity index (χ4v) is 4.38. The summed E-state index contributed by atoms with van der Waals surface area (Å²) in [4.78, 5) is 16.9. The minimum absolute atomic E-state index is 0.0205. The molecule has 1 aliphatic heterocycles. The summed E-state index contributed by atoms with van der Waals surface area (Å²) in [7, 11) is 0. The second-order valence-corrected chi connectivity index (χ2v) is 7.74. The molecule has 124 valence electrons. The number of nitrogens with one attached hydrogen (secondary N) is 1. The van der Waals surface area contributed by atoms with Crippen molar-refractivity contribution >= 4 is 51.1 Å². The Hall–Kier alpha value is -1.50. The first kappa shape index (κ1) is 17.3. The van der Waals surface area contributed by atoms with E-state index in [1.165, 1.54) is 18.2 Å². The maximum Gasteiger partial charge on any atom is 0.255 e. The fraction of sp³-hybridized carbons (Fsp3) is 0.176. The average molecular weight is 381 g/mol. The summed E-state index contributed by atoms with van der Waals surface area (Å²) in [5.74, 6) is 0.950. The second kappa shape index (κ2) is 8.05.